The number of hydrogen-bond acceptors (Lipinski definition) is 4. The zero-order valence-electron chi connectivity index (χ0n) is 9.07. The van der Waals surface area contributed by atoms with Gasteiger partial charge >= 0.3 is 115 Å². The summed E-state index contributed by atoms with van der Waals surface area (Å²) in [5, 5.41) is 0. The molecule has 0 atom stereocenters. The van der Waals surface area contributed by atoms with Crippen LogP contribution in [0.2, 0.25) is 0 Å². The number of aromatic nitrogens is 4. The van der Waals surface area contributed by atoms with Gasteiger partial charge in [-0.3, -0.25) is 0 Å². The Labute approximate surface area is 115 Å². The van der Waals surface area contributed by atoms with Crippen LogP contribution in [0, 0.1) is 0 Å². The Morgan fingerprint density at radius 2 is 1.00 bits per heavy atom. The predicted octanol–water partition coefficient (Wildman–Crippen LogP) is 1.35. The van der Waals surface area contributed by atoms with E-state index in [0.717, 1.165) is 22.1 Å². The molecule has 4 rings (SSSR count). The average Bonchev–Trinajstić information content (AvgIpc) is 3.05. The molecular formula is C12H6N4Se2. The third-order valence-corrected chi connectivity index (χ3v) is 5.18. The fourth-order valence-electron chi connectivity index (χ4n) is 1.92. The Hall–Kier alpha value is -1.32. The number of rotatable bonds is 1. The van der Waals surface area contributed by atoms with Gasteiger partial charge in [-0.25, -0.2) is 0 Å². The van der Waals surface area contributed by atoms with Gasteiger partial charge in [0.2, 0.25) is 0 Å². The van der Waals surface area contributed by atoms with Crippen molar-refractivity contribution in [1.82, 2.24) is 15.9 Å². The maximum atomic E-state index is 4.41. The van der Waals surface area contributed by atoms with Gasteiger partial charge in [-0.15, -0.1) is 0 Å². The third kappa shape index (κ3) is 1.66. The van der Waals surface area contributed by atoms with Gasteiger partial charge in [0, 0.05) is 0 Å². The van der Waals surface area contributed by atoms with Crippen LogP contribution in [0.3, 0.4) is 0 Å². The summed E-state index contributed by atoms with van der Waals surface area (Å²) in [6.07, 6.45) is 0. The van der Waals surface area contributed by atoms with Crippen LogP contribution in [-0.2, 0) is 0 Å². The fourth-order valence-corrected chi connectivity index (χ4v) is 4.09. The van der Waals surface area contributed by atoms with E-state index in [2.05, 4.69) is 40.2 Å². The predicted molar refractivity (Wildman–Crippen MR) is 72.0 cm³/mol. The normalized spacial score (nSPS) is 11.3. The Bertz CT molecular complexity index is 777. The Morgan fingerprint density at radius 3 is 1.50 bits per heavy atom. The molecule has 6 heteroatoms. The van der Waals surface area contributed by atoms with E-state index in [-0.39, 0.29) is 29.9 Å². The summed E-state index contributed by atoms with van der Waals surface area (Å²) in [4.78, 5) is 0. The van der Waals surface area contributed by atoms with Crippen LogP contribution in [-0.4, -0.2) is 45.8 Å². The third-order valence-electron chi connectivity index (χ3n) is 2.84. The van der Waals surface area contributed by atoms with Crippen molar-refractivity contribution in [3.63, 3.8) is 0 Å². The second kappa shape index (κ2) is 4.11. The van der Waals surface area contributed by atoms with E-state index < -0.39 is 0 Å². The molecule has 0 amide bonds. The van der Waals surface area contributed by atoms with E-state index in [9.17, 15) is 0 Å². The zero-order valence-corrected chi connectivity index (χ0v) is 12.5. The molecule has 0 fully saturated rings. The van der Waals surface area contributed by atoms with Gasteiger partial charge in [-0.1, -0.05) is 0 Å². The first-order valence-electron chi connectivity index (χ1n) is 5.35. The van der Waals surface area contributed by atoms with E-state index in [1.165, 1.54) is 11.1 Å². The molecule has 0 radical (unpaired) electrons. The van der Waals surface area contributed by atoms with Crippen molar-refractivity contribution in [2.24, 2.45) is 0 Å². The van der Waals surface area contributed by atoms with Gasteiger partial charge in [0.1, 0.15) is 0 Å². The molecule has 18 heavy (non-hydrogen) atoms. The van der Waals surface area contributed by atoms with Crippen molar-refractivity contribution in [3.8, 4) is 11.1 Å². The second-order valence-electron chi connectivity index (χ2n) is 3.94. The zero-order chi connectivity index (χ0) is 11.9. The van der Waals surface area contributed by atoms with Crippen LogP contribution in [0.25, 0.3) is 33.2 Å². The molecule has 4 aromatic rings. The van der Waals surface area contributed by atoms with Gasteiger partial charge in [0.25, 0.3) is 0 Å². The van der Waals surface area contributed by atoms with Gasteiger partial charge in [-0.05, 0) is 0 Å². The Balaban J connectivity index is 1.93. The fraction of sp³-hybridized carbons (Fsp3) is 0. The molecule has 0 aliphatic rings. The van der Waals surface area contributed by atoms with Crippen LogP contribution >= 0.6 is 0 Å². The van der Waals surface area contributed by atoms with Crippen molar-refractivity contribution >= 4 is 52.0 Å². The quantitative estimate of drug-likeness (QED) is 0.479. The van der Waals surface area contributed by atoms with Gasteiger partial charge < -0.3 is 0 Å². The van der Waals surface area contributed by atoms with Crippen LogP contribution in [0.15, 0.2) is 36.4 Å². The maximum absolute atomic E-state index is 4.41. The topological polar surface area (TPSA) is 51.6 Å². The van der Waals surface area contributed by atoms with Crippen molar-refractivity contribution in [3.05, 3.63) is 36.4 Å². The van der Waals surface area contributed by atoms with Gasteiger partial charge in [0.15, 0.2) is 0 Å². The summed E-state index contributed by atoms with van der Waals surface area (Å²) in [5.74, 6) is 0. The van der Waals surface area contributed by atoms with Crippen LogP contribution in [0.1, 0.15) is 0 Å². The summed E-state index contributed by atoms with van der Waals surface area (Å²) in [6, 6.07) is 12.5. The SMILES string of the molecule is c1cc2n[se]nc2cc1-c1ccc2n[se]nc2c1. The molecule has 2 heterocycles. The monoisotopic (exact) mass is 366 g/mol. The molecule has 0 spiro atoms. The van der Waals surface area contributed by atoms with Crippen LogP contribution in [0.4, 0.5) is 0 Å². The summed E-state index contributed by atoms with van der Waals surface area (Å²) in [6.45, 7) is 0. The van der Waals surface area contributed by atoms with Crippen molar-refractivity contribution in [2.75, 3.05) is 0 Å². The molecule has 0 saturated carbocycles. The molecule has 4 nitrogen and oxygen atoms in total. The Kier molecular flexibility index (Phi) is 2.42. The molecule has 86 valence electrons. The van der Waals surface area contributed by atoms with Crippen LogP contribution in [0.5, 0.6) is 0 Å². The summed E-state index contributed by atoms with van der Waals surface area (Å²) in [7, 11) is 0. The van der Waals surface area contributed by atoms with E-state index in [1.54, 1.807) is 0 Å². The van der Waals surface area contributed by atoms with Gasteiger partial charge in [0.05, 0.1) is 0 Å². The second-order valence-corrected chi connectivity index (χ2v) is 6.15. The van der Waals surface area contributed by atoms with E-state index in [4.69, 9.17) is 0 Å². The first-order chi connectivity index (χ1) is 8.90. The first-order valence-corrected chi connectivity index (χ1v) is 8.42. The first kappa shape index (κ1) is 10.6. The summed E-state index contributed by atoms with van der Waals surface area (Å²) < 4.78 is 17.5. The molecule has 0 unspecified atom stereocenters. The number of nitrogens with zero attached hydrogens (tertiary/aromatic N) is 4. The standard InChI is InChI=1S/C12H6N4Se2/c1-3-9-11(15-17-13-9)5-7(1)8-2-4-10-12(6-8)16-18-14-10/h1-6H. The van der Waals surface area contributed by atoms with Crippen molar-refractivity contribution in [1.29, 1.82) is 0 Å². The van der Waals surface area contributed by atoms with Gasteiger partial charge in [-0.2, -0.15) is 0 Å². The molecular weight excluding hydrogens is 358 g/mol. The van der Waals surface area contributed by atoms with Crippen molar-refractivity contribution in [2.45, 2.75) is 0 Å². The number of benzene rings is 2. The molecule has 2 aromatic carbocycles. The van der Waals surface area contributed by atoms with E-state index in [0.29, 0.717) is 0 Å². The van der Waals surface area contributed by atoms with Crippen LogP contribution < -0.4 is 0 Å². The summed E-state index contributed by atoms with van der Waals surface area (Å²) in [5.41, 5.74) is 6.40. The number of fused-ring (bicyclic) bond motifs is 2. The molecule has 0 bridgehead atoms. The summed E-state index contributed by atoms with van der Waals surface area (Å²) >= 11 is 0.0747. The molecule has 2 aromatic heterocycles. The van der Waals surface area contributed by atoms with E-state index >= 15 is 0 Å². The number of hydrogen-bond donors (Lipinski definition) is 0. The molecule has 0 aliphatic carbocycles. The molecule has 0 aliphatic heterocycles. The molecule has 0 saturated heterocycles. The average molecular weight is 364 g/mol. The van der Waals surface area contributed by atoms with Crippen molar-refractivity contribution < 1.29 is 0 Å². The van der Waals surface area contributed by atoms with E-state index in [1.807, 2.05) is 12.1 Å². The minimum atomic E-state index is 0.0373. The Morgan fingerprint density at radius 1 is 0.556 bits per heavy atom. The molecule has 0 N–H and O–H groups in total. The minimum absolute atomic E-state index is 0.0373.